The fourth-order valence-electron chi connectivity index (χ4n) is 2.85. The summed E-state index contributed by atoms with van der Waals surface area (Å²) in [6, 6.07) is 0.487. The summed E-state index contributed by atoms with van der Waals surface area (Å²) in [6.45, 7) is 3.97. The van der Waals surface area contributed by atoms with Gasteiger partial charge in [-0.15, -0.1) is 11.3 Å². The number of hydrogen-bond acceptors (Lipinski definition) is 5. The van der Waals surface area contributed by atoms with Gasteiger partial charge in [-0.3, -0.25) is 4.79 Å². The van der Waals surface area contributed by atoms with Gasteiger partial charge in [0.05, 0.1) is 16.7 Å². The monoisotopic (exact) mass is 308 g/mol. The van der Waals surface area contributed by atoms with E-state index in [1.807, 2.05) is 13.8 Å². The highest BCUT2D eigenvalue weighted by Crippen LogP contribution is 2.47. The number of hydrogen-bond donors (Lipinski definition) is 2. The largest absolute Gasteiger partial charge is 0.486 e. The molecule has 0 atom stereocenters. The summed E-state index contributed by atoms with van der Waals surface area (Å²) in [5.41, 5.74) is 6.75. The van der Waals surface area contributed by atoms with E-state index >= 15 is 0 Å². The van der Waals surface area contributed by atoms with Gasteiger partial charge >= 0.3 is 0 Å². The van der Waals surface area contributed by atoms with Crippen LogP contribution in [0, 0.1) is 5.92 Å². The Hall–Kier alpha value is -1.23. The fourth-order valence-corrected chi connectivity index (χ4v) is 4.00. The maximum atomic E-state index is 12.4. The quantitative estimate of drug-likeness (QED) is 0.778. The third-order valence-corrected chi connectivity index (χ3v) is 5.25. The lowest BCUT2D eigenvalue weighted by molar-refractivity contribution is 0.0972. The number of anilines is 2. The Morgan fingerprint density at radius 1 is 1.29 bits per heavy atom. The second-order valence-electron chi connectivity index (χ2n) is 6.43. The number of carbonyl (C=O) groups is 1. The molecule has 0 aromatic carbocycles. The summed E-state index contributed by atoms with van der Waals surface area (Å²) >= 11 is 1.48. The zero-order valence-corrected chi connectivity index (χ0v) is 13.6. The molecule has 0 amide bonds. The molecule has 5 heteroatoms. The van der Waals surface area contributed by atoms with Gasteiger partial charge in [0.1, 0.15) is 5.00 Å². The minimum atomic E-state index is 0.0508. The van der Waals surface area contributed by atoms with E-state index in [-0.39, 0.29) is 17.8 Å². The molecular weight excluding hydrogens is 284 g/mol. The van der Waals surface area contributed by atoms with Gasteiger partial charge in [0.15, 0.2) is 11.5 Å². The van der Waals surface area contributed by atoms with Crippen molar-refractivity contribution in [3.63, 3.8) is 0 Å². The van der Waals surface area contributed by atoms with Crippen LogP contribution in [0.2, 0.25) is 0 Å². The normalized spacial score (nSPS) is 19.2. The Balaban J connectivity index is 1.87. The first kappa shape index (κ1) is 14.7. The van der Waals surface area contributed by atoms with Crippen molar-refractivity contribution in [2.75, 3.05) is 11.1 Å². The zero-order valence-electron chi connectivity index (χ0n) is 12.8. The number of nitrogens with two attached hydrogens (primary N) is 1. The van der Waals surface area contributed by atoms with Crippen molar-refractivity contribution in [3.05, 3.63) is 4.88 Å². The van der Waals surface area contributed by atoms with Crippen molar-refractivity contribution in [1.82, 2.24) is 0 Å². The van der Waals surface area contributed by atoms with Crippen LogP contribution >= 0.6 is 11.3 Å². The topological polar surface area (TPSA) is 64.3 Å². The summed E-state index contributed by atoms with van der Waals surface area (Å²) in [5, 5.41) is 4.49. The second-order valence-corrected chi connectivity index (χ2v) is 7.45. The Morgan fingerprint density at radius 3 is 2.52 bits per heavy atom. The molecule has 2 aliphatic rings. The highest BCUT2D eigenvalue weighted by atomic mass is 32.1. The molecule has 3 rings (SSSR count). The molecule has 2 fully saturated rings. The smallest absolute Gasteiger partial charge is 0.178 e. The van der Waals surface area contributed by atoms with E-state index in [4.69, 9.17) is 10.5 Å². The van der Waals surface area contributed by atoms with E-state index in [1.165, 1.54) is 37.0 Å². The Labute approximate surface area is 130 Å². The highest BCUT2D eigenvalue weighted by molar-refractivity contribution is 7.19. The first-order valence-electron chi connectivity index (χ1n) is 7.96. The zero-order chi connectivity index (χ0) is 15.0. The van der Waals surface area contributed by atoms with Gasteiger partial charge < -0.3 is 15.8 Å². The van der Waals surface area contributed by atoms with E-state index in [2.05, 4.69) is 5.32 Å². The van der Waals surface area contributed by atoms with E-state index in [9.17, 15) is 4.79 Å². The van der Waals surface area contributed by atoms with Crippen LogP contribution in [0.5, 0.6) is 5.75 Å². The standard InChI is InChI=1S/C16H24N2O2S/c1-9(2)20-14-12(17)15(13(19)10-7-8-10)21-16(14)18-11-5-3-4-6-11/h9-11,18H,3-8,17H2,1-2H3. The van der Waals surface area contributed by atoms with E-state index in [0.29, 0.717) is 22.4 Å². The lowest BCUT2D eigenvalue weighted by atomic mass is 10.2. The first-order valence-corrected chi connectivity index (χ1v) is 8.77. The molecule has 1 aromatic rings. The summed E-state index contributed by atoms with van der Waals surface area (Å²) in [5.74, 6) is 1.08. The molecule has 0 saturated heterocycles. The van der Waals surface area contributed by atoms with E-state index in [1.54, 1.807) is 0 Å². The van der Waals surface area contributed by atoms with Crippen molar-refractivity contribution in [1.29, 1.82) is 0 Å². The van der Waals surface area contributed by atoms with Gasteiger partial charge in [0.25, 0.3) is 0 Å². The van der Waals surface area contributed by atoms with Crippen LogP contribution in [-0.2, 0) is 0 Å². The molecule has 2 saturated carbocycles. The van der Waals surface area contributed by atoms with Crippen LogP contribution < -0.4 is 15.8 Å². The molecule has 1 heterocycles. The predicted molar refractivity (Wildman–Crippen MR) is 87.4 cm³/mol. The summed E-state index contributed by atoms with van der Waals surface area (Å²) in [7, 11) is 0. The van der Waals surface area contributed by atoms with Gasteiger partial charge in [0.2, 0.25) is 0 Å². The lowest BCUT2D eigenvalue weighted by Gasteiger charge is -2.16. The molecule has 0 aliphatic heterocycles. The molecule has 0 spiro atoms. The number of ether oxygens (including phenoxy) is 1. The van der Waals surface area contributed by atoms with Crippen molar-refractivity contribution >= 4 is 27.8 Å². The van der Waals surface area contributed by atoms with Crippen molar-refractivity contribution < 1.29 is 9.53 Å². The molecule has 1 aromatic heterocycles. The molecule has 116 valence electrons. The summed E-state index contributed by atoms with van der Waals surface area (Å²) < 4.78 is 5.89. The number of carbonyl (C=O) groups excluding carboxylic acids is 1. The van der Waals surface area contributed by atoms with Gasteiger partial charge in [-0.25, -0.2) is 0 Å². The number of ketones is 1. The number of thiophene rings is 1. The average Bonchev–Trinajstić information content (AvgIpc) is 3.10. The Morgan fingerprint density at radius 2 is 1.95 bits per heavy atom. The van der Waals surface area contributed by atoms with Crippen molar-refractivity contribution in [3.8, 4) is 5.75 Å². The van der Waals surface area contributed by atoms with E-state index < -0.39 is 0 Å². The number of nitrogens with one attached hydrogen (secondary N) is 1. The average molecular weight is 308 g/mol. The number of rotatable bonds is 6. The second kappa shape index (κ2) is 5.87. The first-order chi connectivity index (χ1) is 10.1. The Bertz CT molecular complexity index is 529. The predicted octanol–water partition coefficient (Wildman–Crippen LogP) is 4.06. The number of Topliss-reactive ketones (excluding diaryl/α,β-unsaturated/α-hetero) is 1. The molecule has 0 bridgehead atoms. The Kier molecular flexibility index (Phi) is 4.11. The summed E-state index contributed by atoms with van der Waals surface area (Å²) in [6.07, 6.45) is 6.97. The van der Waals surface area contributed by atoms with Crippen LogP contribution in [0.15, 0.2) is 0 Å². The molecular formula is C16H24N2O2S. The maximum Gasteiger partial charge on any atom is 0.178 e. The van der Waals surface area contributed by atoms with Crippen molar-refractivity contribution in [2.24, 2.45) is 5.92 Å². The SMILES string of the molecule is CC(C)Oc1c(NC2CCCC2)sc(C(=O)C2CC2)c1N. The summed E-state index contributed by atoms with van der Waals surface area (Å²) in [4.78, 5) is 13.1. The van der Waals surface area contributed by atoms with Crippen LogP contribution in [0.4, 0.5) is 10.7 Å². The van der Waals surface area contributed by atoms with Crippen LogP contribution in [0.1, 0.15) is 62.0 Å². The molecule has 0 unspecified atom stereocenters. The molecule has 0 radical (unpaired) electrons. The maximum absolute atomic E-state index is 12.4. The van der Waals surface area contributed by atoms with Gasteiger partial charge in [-0.1, -0.05) is 12.8 Å². The van der Waals surface area contributed by atoms with Gasteiger partial charge in [-0.05, 0) is 39.5 Å². The third kappa shape index (κ3) is 3.18. The van der Waals surface area contributed by atoms with Gasteiger partial charge in [-0.2, -0.15) is 0 Å². The molecule has 4 nitrogen and oxygen atoms in total. The molecule has 3 N–H and O–H groups in total. The van der Waals surface area contributed by atoms with Gasteiger partial charge in [0, 0.05) is 12.0 Å². The number of nitrogen functional groups attached to an aromatic ring is 1. The molecule has 21 heavy (non-hydrogen) atoms. The third-order valence-electron chi connectivity index (χ3n) is 4.12. The minimum Gasteiger partial charge on any atom is -0.486 e. The van der Waals surface area contributed by atoms with E-state index in [0.717, 1.165) is 17.8 Å². The minimum absolute atomic E-state index is 0.0508. The highest BCUT2D eigenvalue weighted by Gasteiger charge is 2.35. The fraction of sp³-hybridized carbons (Fsp3) is 0.688. The lowest BCUT2D eigenvalue weighted by Crippen LogP contribution is -2.15. The van der Waals surface area contributed by atoms with Crippen LogP contribution in [0.25, 0.3) is 0 Å². The molecule has 2 aliphatic carbocycles. The van der Waals surface area contributed by atoms with Crippen LogP contribution in [0.3, 0.4) is 0 Å². The van der Waals surface area contributed by atoms with Crippen molar-refractivity contribution in [2.45, 2.75) is 64.5 Å². The van der Waals surface area contributed by atoms with Crippen LogP contribution in [-0.4, -0.2) is 17.9 Å².